The first-order chi connectivity index (χ1) is 12.2. The summed E-state index contributed by atoms with van der Waals surface area (Å²) in [7, 11) is 3.45. The third-order valence-corrected chi connectivity index (χ3v) is 6.27. The molecule has 0 aliphatic heterocycles. The molecular formula is C19H16N2O2S2. The molecule has 0 atom stereocenters. The minimum atomic E-state index is 0.0136. The standard InChI is InChI=1S/C19H16N2O2S2/c1-21-18(22)16-14-5-3-4-6-15(14)25-17(16)20-19(21)24-11-12-7-9-13(23-2)10-8-12/h3-10H,11H2,1-2H3. The summed E-state index contributed by atoms with van der Waals surface area (Å²) in [6.45, 7) is 0. The lowest BCUT2D eigenvalue weighted by molar-refractivity contribution is 0.414. The first kappa shape index (κ1) is 16.2. The highest BCUT2D eigenvalue weighted by molar-refractivity contribution is 7.98. The largest absolute Gasteiger partial charge is 0.497 e. The fourth-order valence-corrected chi connectivity index (χ4v) is 4.78. The Bertz CT molecular complexity index is 1110. The van der Waals surface area contributed by atoms with Gasteiger partial charge in [-0.05, 0) is 23.8 Å². The lowest BCUT2D eigenvalue weighted by Gasteiger charge is -2.07. The van der Waals surface area contributed by atoms with Crippen LogP contribution < -0.4 is 10.3 Å². The van der Waals surface area contributed by atoms with Crippen molar-refractivity contribution in [2.75, 3.05) is 7.11 Å². The van der Waals surface area contributed by atoms with Crippen LogP contribution in [-0.4, -0.2) is 16.7 Å². The number of hydrogen-bond donors (Lipinski definition) is 0. The molecule has 0 unspecified atom stereocenters. The summed E-state index contributed by atoms with van der Waals surface area (Å²) in [6, 6.07) is 15.9. The van der Waals surface area contributed by atoms with E-state index in [4.69, 9.17) is 9.72 Å². The molecule has 4 nitrogen and oxygen atoms in total. The summed E-state index contributed by atoms with van der Waals surface area (Å²) >= 11 is 3.14. The molecule has 126 valence electrons. The van der Waals surface area contributed by atoms with Crippen LogP contribution in [0.5, 0.6) is 5.75 Å². The smallest absolute Gasteiger partial charge is 0.263 e. The van der Waals surface area contributed by atoms with Crippen molar-refractivity contribution in [1.29, 1.82) is 0 Å². The van der Waals surface area contributed by atoms with Crippen molar-refractivity contribution >= 4 is 43.4 Å². The minimum Gasteiger partial charge on any atom is -0.497 e. The Kier molecular flexibility index (Phi) is 4.23. The van der Waals surface area contributed by atoms with Gasteiger partial charge in [-0.3, -0.25) is 9.36 Å². The van der Waals surface area contributed by atoms with Crippen LogP contribution in [0.25, 0.3) is 20.3 Å². The van der Waals surface area contributed by atoms with E-state index in [0.29, 0.717) is 0 Å². The minimum absolute atomic E-state index is 0.0136. The maximum absolute atomic E-state index is 12.8. The quantitative estimate of drug-likeness (QED) is 0.394. The summed E-state index contributed by atoms with van der Waals surface area (Å²) in [5.41, 5.74) is 1.18. The van der Waals surface area contributed by atoms with Crippen molar-refractivity contribution in [3.05, 3.63) is 64.4 Å². The molecule has 4 aromatic rings. The third kappa shape index (κ3) is 2.92. The molecule has 0 spiro atoms. The molecule has 0 aliphatic rings. The second-order valence-corrected chi connectivity index (χ2v) is 7.65. The fourth-order valence-electron chi connectivity index (χ4n) is 2.73. The van der Waals surface area contributed by atoms with Crippen LogP contribution in [0.2, 0.25) is 0 Å². The van der Waals surface area contributed by atoms with Crippen molar-refractivity contribution in [3.63, 3.8) is 0 Å². The van der Waals surface area contributed by atoms with Crippen molar-refractivity contribution < 1.29 is 4.74 Å². The first-order valence-corrected chi connectivity index (χ1v) is 9.61. The van der Waals surface area contributed by atoms with E-state index in [1.807, 2.05) is 48.5 Å². The van der Waals surface area contributed by atoms with Gasteiger partial charge < -0.3 is 4.74 Å². The summed E-state index contributed by atoms with van der Waals surface area (Å²) in [5.74, 6) is 1.59. The molecule has 6 heteroatoms. The second kappa shape index (κ2) is 6.54. The van der Waals surface area contributed by atoms with Crippen LogP contribution in [0, 0.1) is 0 Å². The fraction of sp³-hybridized carbons (Fsp3) is 0.158. The van der Waals surface area contributed by atoms with E-state index < -0.39 is 0 Å². The Labute approximate surface area is 153 Å². The molecule has 0 saturated heterocycles. The van der Waals surface area contributed by atoms with Crippen LogP contribution in [0.3, 0.4) is 0 Å². The predicted molar refractivity (Wildman–Crippen MR) is 105 cm³/mol. The van der Waals surface area contributed by atoms with E-state index in [1.54, 1.807) is 41.8 Å². The van der Waals surface area contributed by atoms with Crippen molar-refractivity contribution in [3.8, 4) is 5.75 Å². The van der Waals surface area contributed by atoms with Gasteiger partial charge in [-0.2, -0.15) is 0 Å². The van der Waals surface area contributed by atoms with Crippen LogP contribution >= 0.6 is 23.1 Å². The molecule has 0 bridgehead atoms. The van der Waals surface area contributed by atoms with Crippen LogP contribution in [0.4, 0.5) is 0 Å². The Hall–Kier alpha value is -2.31. The van der Waals surface area contributed by atoms with Crippen molar-refractivity contribution in [2.24, 2.45) is 7.05 Å². The number of aromatic nitrogens is 2. The molecule has 0 saturated carbocycles. The van der Waals surface area contributed by atoms with Crippen molar-refractivity contribution in [1.82, 2.24) is 9.55 Å². The Balaban J connectivity index is 1.70. The zero-order chi connectivity index (χ0) is 17.4. The number of nitrogens with zero attached hydrogens (tertiary/aromatic N) is 2. The van der Waals surface area contributed by atoms with Gasteiger partial charge >= 0.3 is 0 Å². The molecule has 4 rings (SSSR count). The van der Waals surface area contributed by atoms with Gasteiger partial charge in [0.05, 0.1) is 12.5 Å². The molecular weight excluding hydrogens is 352 g/mol. The van der Waals surface area contributed by atoms with E-state index in [1.165, 1.54) is 0 Å². The molecule has 25 heavy (non-hydrogen) atoms. The number of methoxy groups -OCH3 is 1. The van der Waals surface area contributed by atoms with Gasteiger partial charge in [-0.15, -0.1) is 11.3 Å². The van der Waals surface area contributed by atoms with Gasteiger partial charge in [0.1, 0.15) is 10.6 Å². The van der Waals surface area contributed by atoms with Crippen LogP contribution in [0.1, 0.15) is 5.56 Å². The normalized spacial score (nSPS) is 11.3. The molecule has 0 aliphatic carbocycles. The highest BCUT2D eigenvalue weighted by Crippen LogP contribution is 2.32. The second-order valence-electron chi connectivity index (χ2n) is 5.67. The van der Waals surface area contributed by atoms with Gasteiger partial charge in [-0.1, -0.05) is 42.1 Å². The number of ether oxygens (including phenoxy) is 1. The number of thioether (sulfide) groups is 1. The van der Waals surface area contributed by atoms with E-state index in [9.17, 15) is 4.79 Å². The summed E-state index contributed by atoms with van der Waals surface area (Å²) in [5, 5.41) is 2.44. The Morgan fingerprint density at radius 1 is 1.16 bits per heavy atom. The van der Waals surface area contributed by atoms with E-state index in [2.05, 4.69) is 0 Å². The topological polar surface area (TPSA) is 44.1 Å². The molecule has 2 heterocycles. The molecule has 0 amide bonds. The summed E-state index contributed by atoms with van der Waals surface area (Å²) < 4.78 is 7.93. The van der Waals surface area contributed by atoms with Gasteiger partial charge in [0.2, 0.25) is 0 Å². The molecule has 0 fully saturated rings. The zero-order valence-electron chi connectivity index (χ0n) is 13.9. The summed E-state index contributed by atoms with van der Waals surface area (Å²) in [6.07, 6.45) is 0. The maximum Gasteiger partial charge on any atom is 0.263 e. The number of benzene rings is 2. The van der Waals surface area contributed by atoms with Crippen LogP contribution in [-0.2, 0) is 12.8 Å². The zero-order valence-corrected chi connectivity index (χ0v) is 15.5. The lowest BCUT2D eigenvalue weighted by Crippen LogP contribution is -2.19. The monoisotopic (exact) mass is 368 g/mol. The highest BCUT2D eigenvalue weighted by atomic mass is 32.2. The number of fused-ring (bicyclic) bond motifs is 3. The average molecular weight is 368 g/mol. The average Bonchev–Trinajstić information content (AvgIpc) is 3.02. The van der Waals surface area contributed by atoms with E-state index in [0.717, 1.165) is 42.5 Å². The highest BCUT2D eigenvalue weighted by Gasteiger charge is 2.14. The van der Waals surface area contributed by atoms with Gasteiger partial charge in [0.15, 0.2) is 5.16 Å². The number of thiophene rings is 1. The summed E-state index contributed by atoms with van der Waals surface area (Å²) in [4.78, 5) is 18.4. The van der Waals surface area contributed by atoms with Gasteiger partial charge in [-0.25, -0.2) is 4.98 Å². The third-order valence-electron chi connectivity index (χ3n) is 4.11. The predicted octanol–water partition coefficient (Wildman–Crippen LogP) is 4.45. The van der Waals surface area contributed by atoms with Crippen molar-refractivity contribution in [2.45, 2.75) is 10.9 Å². The molecule has 2 aromatic heterocycles. The van der Waals surface area contributed by atoms with Gasteiger partial charge in [0.25, 0.3) is 5.56 Å². The SMILES string of the molecule is COc1ccc(CSc2nc3sc4ccccc4c3c(=O)n2C)cc1. The van der Waals surface area contributed by atoms with E-state index in [-0.39, 0.29) is 5.56 Å². The molecule has 0 N–H and O–H groups in total. The lowest BCUT2D eigenvalue weighted by atomic mass is 10.2. The van der Waals surface area contributed by atoms with Crippen LogP contribution in [0.15, 0.2) is 58.5 Å². The van der Waals surface area contributed by atoms with E-state index >= 15 is 0 Å². The molecule has 2 aromatic carbocycles. The maximum atomic E-state index is 12.8. The first-order valence-electron chi connectivity index (χ1n) is 7.81. The Morgan fingerprint density at radius 2 is 1.92 bits per heavy atom. The number of hydrogen-bond acceptors (Lipinski definition) is 5. The number of rotatable bonds is 4. The van der Waals surface area contributed by atoms with Gasteiger partial charge in [0, 0.05) is 22.9 Å². The molecule has 0 radical (unpaired) electrons. The Morgan fingerprint density at radius 3 is 2.68 bits per heavy atom.